The average Bonchev–Trinajstić information content (AvgIpc) is 2.29. The minimum Gasteiger partial charge on any atom is -0.505 e. The lowest BCUT2D eigenvalue weighted by Crippen LogP contribution is -2.20. The molecule has 0 saturated heterocycles. The second kappa shape index (κ2) is 5.72. The lowest BCUT2D eigenvalue weighted by molar-refractivity contribution is -0.276. The molecule has 0 fully saturated rings. The number of alkyl halides is 4. The van der Waals surface area contributed by atoms with E-state index >= 15 is 0 Å². The van der Waals surface area contributed by atoms with Crippen LogP contribution in [0.5, 0.6) is 11.6 Å². The Hall–Kier alpha value is -2.06. The van der Waals surface area contributed by atoms with E-state index in [1.807, 2.05) is 0 Å². The second-order valence-electron chi connectivity index (χ2n) is 3.20. The van der Waals surface area contributed by atoms with Gasteiger partial charge in [-0.25, -0.2) is 14.2 Å². The Labute approximate surface area is 104 Å². The van der Waals surface area contributed by atoms with E-state index in [9.17, 15) is 27.5 Å². The van der Waals surface area contributed by atoms with Crippen molar-refractivity contribution in [2.75, 3.05) is 6.61 Å². The molecule has 0 aliphatic heterocycles. The number of hydrogen-bond donors (Lipinski definition) is 1. The molecule has 1 heterocycles. The molecule has 19 heavy (non-hydrogen) atoms. The van der Waals surface area contributed by atoms with Gasteiger partial charge in [-0.15, -0.1) is 13.2 Å². The van der Waals surface area contributed by atoms with Crippen LogP contribution in [0.25, 0.3) is 0 Å². The van der Waals surface area contributed by atoms with Crippen LogP contribution >= 0.6 is 0 Å². The summed E-state index contributed by atoms with van der Waals surface area (Å²) in [4.78, 5) is 14.5. The van der Waals surface area contributed by atoms with Crippen LogP contribution in [0.1, 0.15) is 22.8 Å². The topological polar surface area (TPSA) is 68.7 Å². The van der Waals surface area contributed by atoms with Gasteiger partial charge in [-0.05, 0) is 6.92 Å². The summed E-state index contributed by atoms with van der Waals surface area (Å²) in [6.45, 7) is -0.138. The van der Waals surface area contributed by atoms with Crippen LogP contribution in [-0.2, 0) is 11.4 Å². The second-order valence-corrected chi connectivity index (χ2v) is 3.20. The van der Waals surface area contributed by atoms with Crippen molar-refractivity contribution >= 4 is 5.97 Å². The molecular weight excluding hydrogens is 274 g/mol. The van der Waals surface area contributed by atoms with Gasteiger partial charge in [0.15, 0.2) is 0 Å². The third-order valence-electron chi connectivity index (χ3n) is 1.95. The van der Waals surface area contributed by atoms with Crippen molar-refractivity contribution in [3.8, 4) is 11.6 Å². The van der Waals surface area contributed by atoms with Crippen molar-refractivity contribution in [3.05, 3.63) is 17.3 Å². The highest BCUT2D eigenvalue weighted by molar-refractivity contribution is 5.94. The van der Waals surface area contributed by atoms with Crippen molar-refractivity contribution in [1.29, 1.82) is 0 Å². The summed E-state index contributed by atoms with van der Waals surface area (Å²) in [6, 6.07) is 0. The smallest absolute Gasteiger partial charge is 0.505 e. The van der Waals surface area contributed by atoms with Gasteiger partial charge >= 0.3 is 12.3 Å². The number of nitrogens with zero attached hydrogens (tertiary/aromatic N) is 1. The number of aromatic hydroxyl groups is 1. The van der Waals surface area contributed by atoms with Crippen LogP contribution in [-0.4, -0.2) is 29.0 Å². The molecule has 0 aliphatic rings. The molecule has 0 atom stereocenters. The maximum atomic E-state index is 12.8. The zero-order valence-electron chi connectivity index (χ0n) is 9.62. The number of halogens is 4. The molecular formula is C10H9F4NO4. The maximum absolute atomic E-state index is 12.8. The highest BCUT2D eigenvalue weighted by Crippen LogP contribution is 2.32. The molecule has 0 bridgehead atoms. The van der Waals surface area contributed by atoms with Gasteiger partial charge in [-0.1, -0.05) is 0 Å². The number of esters is 1. The Bertz CT molecular complexity index is 475. The number of hydrogen-bond acceptors (Lipinski definition) is 5. The van der Waals surface area contributed by atoms with Crippen molar-refractivity contribution in [2.24, 2.45) is 0 Å². The lowest BCUT2D eigenvalue weighted by atomic mass is 10.1. The van der Waals surface area contributed by atoms with Crippen molar-refractivity contribution in [1.82, 2.24) is 4.98 Å². The predicted molar refractivity (Wildman–Crippen MR) is 53.4 cm³/mol. The molecule has 1 rings (SSSR count). The minimum absolute atomic E-state index is 0.0955. The summed E-state index contributed by atoms with van der Waals surface area (Å²) in [5, 5.41) is 9.38. The van der Waals surface area contributed by atoms with E-state index in [4.69, 9.17) is 0 Å². The van der Waals surface area contributed by atoms with Crippen LogP contribution in [0.3, 0.4) is 0 Å². The summed E-state index contributed by atoms with van der Waals surface area (Å²) in [5.74, 6) is -3.10. The fourth-order valence-electron chi connectivity index (χ4n) is 1.28. The zero-order valence-corrected chi connectivity index (χ0v) is 9.62. The van der Waals surface area contributed by atoms with E-state index in [-0.39, 0.29) is 6.61 Å². The average molecular weight is 283 g/mol. The summed E-state index contributed by atoms with van der Waals surface area (Å²) < 4.78 is 57.0. The van der Waals surface area contributed by atoms with E-state index in [2.05, 4.69) is 14.5 Å². The highest BCUT2D eigenvalue weighted by Gasteiger charge is 2.34. The first-order valence-electron chi connectivity index (χ1n) is 4.99. The first kappa shape index (κ1) is 15.0. The molecule has 0 aliphatic carbocycles. The number of carbonyl (C=O) groups is 1. The summed E-state index contributed by atoms with van der Waals surface area (Å²) in [7, 11) is 0. The molecule has 0 amide bonds. The van der Waals surface area contributed by atoms with Crippen LogP contribution in [0.4, 0.5) is 17.6 Å². The number of aromatic nitrogens is 1. The Morgan fingerprint density at radius 3 is 2.58 bits per heavy atom. The van der Waals surface area contributed by atoms with Crippen LogP contribution in [0, 0.1) is 0 Å². The number of carbonyl (C=O) groups excluding carboxylic acids is 1. The van der Waals surface area contributed by atoms with Crippen molar-refractivity contribution in [2.45, 2.75) is 20.0 Å². The van der Waals surface area contributed by atoms with Gasteiger partial charge in [0.1, 0.15) is 18.0 Å². The van der Waals surface area contributed by atoms with Gasteiger partial charge in [0.05, 0.1) is 18.4 Å². The number of pyridine rings is 1. The van der Waals surface area contributed by atoms with E-state index < -0.39 is 41.8 Å². The van der Waals surface area contributed by atoms with Gasteiger partial charge in [-0.3, -0.25) is 0 Å². The molecule has 1 N–H and O–H groups in total. The molecule has 1 aromatic rings. The molecule has 106 valence electrons. The molecule has 0 radical (unpaired) electrons. The van der Waals surface area contributed by atoms with E-state index in [0.29, 0.717) is 6.20 Å². The summed E-state index contributed by atoms with van der Waals surface area (Å²) in [5.41, 5.74) is -1.56. The van der Waals surface area contributed by atoms with Gasteiger partial charge in [0.2, 0.25) is 5.88 Å². The first-order valence-corrected chi connectivity index (χ1v) is 4.99. The Balaban J connectivity index is 3.29. The monoisotopic (exact) mass is 283 g/mol. The molecule has 5 nitrogen and oxygen atoms in total. The van der Waals surface area contributed by atoms with Crippen LogP contribution < -0.4 is 4.74 Å². The van der Waals surface area contributed by atoms with Crippen LogP contribution in [0.2, 0.25) is 0 Å². The maximum Gasteiger partial charge on any atom is 0.574 e. The number of rotatable bonds is 4. The normalized spacial score (nSPS) is 11.2. The van der Waals surface area contributed by atoms with Gasteiger partial charge in [0, 0.05) is 0 Å². The standard InChI is InChI=1S/C10H9F4NO4/c1-2-18-9(17)7-5(3-11)8(15-4-6(7)16)19-10(12,13)14/h4,16H,2-3H2,1H3. The van der Waals surface area contributed by atoms with Gasteiger partial charge in [-0.2, -0.15) is 0 Å². The lowest BCUT2D eigenvalue weighted by Gasteiger charge is -2.14. The Kier molecular flexibility index (Phi) is 4.52. The largest absolute Gasteiger partial charge is 0.574 e. The molecule has 0 aromatic carbocycles. The third-order valence-corrected chi connectivity index (χ3v) is 1.95. The Morgan fingerprint density at radius 2 is 2.11 bits per heavy atom. The SMILES string of the molecule is CCOC(=O)c1c(O)cnc(OC(F)(F)F)c1CF. The first-order chi connectivity index (χ1) is 8.80. The van der Waals surface area contributed by atoms with E-state index in [1.54, 1.807) is 0 Å². The van der Waals surface area contributed by atoms with E-state index in [0.717, 1.165) is 0 Å². The fraction of sp³-hybridized carbons (Fsp3) is 0.400. The predicted octanol–water partition coefficient (Wildman–Crippen LogP) is 2.33. The summed E-state index contributed by atoms with van der Waals surface area (Å²) >= 11 is 0. The fourth-order valence-corrected chi connectivity index (χ4v) is 1.28. The van der Waals surface area contributed by atoms with E-state index in [1.165, 1.54) is 6.92 Å². The quantitative estimate of drug-likeness (QED) is 0.678. The summed E-state index contributed by atoms with van der Waals surface area (Å²) in [6.07, 6.45) is -4.55. The highest BCUT2D eigenvalue weighted by atomic mass is 19.4. The molecule has 0 saturated carbocycles. The molecule has 0 spiro atoms. The van der Waals surface area contributed by atoms with Gasteiger partial charge < -0.3 is 14.6 Å². The molecule has 0 unspecified atom stereocenters. The zero-order chi connectivity index (χ0) is 14.6. The third kappa shape index (κ3) is 3.70. The van der Waals surface area contributed by atoms with Crippen molar-refractivity contribution in [3.63, 3.8) is 0 Å². The molecule has 9 heteroatoms. The number of ether oxygens (including phenoxy) is 2. The van der Waals surface area contributed by atoms with Crippen molar-refractivity contribution < 1.29 is 36.9 Å². The van der Waals surface area contributed by atoms with Gasteiger partial charge in [0.25, 0.3) is 0 Å². The molecule has 1 aromatic heterocycles. The van der Waals surface area contributed by atoms with Crippen LogP contribution in [0.15, 0.2) is 6.20 Å². The minimum atomic E-state index is -5.10. The Morgan fingerprint density at radius 1 is 1.47 bits per heavy atom.